The van der Waals surface area contributed by atoms with Crippen LogP contribution in [0.2, 0.25) is 0 Å². The molecule has 1 aromatic heterocycles. The van der Waals surface area contributed by atoms with Crippen LogP contribution in [-0.2, 0) is 22.1 Å². The van der Waals surface area contributed by atoms with Crippen LogP contribution in [0.1, 0.15) is 161 Å². The average molecular weight is 994 g/mol. The number of nitrogens with one attached hydrogen (secondary N) is 1. The number of carbonyl (C=O) groups excluding carboxylic acids is 2. The highest BCUT2D eigenvalue weighted by Crippen LogP contribution is 2.56. The van der Waals surface area contributed by atoms with Crippen LogP contribution in [0.15, 0.2) is 29.4 Å². The summed E-state index contributed by atoms with van der Waals surface area (Å²) in [6.45, 7) is 26.7. The molecule has 2 unspecified atom stereocenters. The second-order valence-electron chi connectivity index (χ2n) is 23.8. The number of likely N-dealkylation sites (tertiary alicyclic amines) is 4. The Bertz CT molecular complexity index is 2270. The molecule has 3 amide bonds. The van der Waals surface area contributed by atoms with Gasteiger partial charge in [0.1, 0.15) is 11.7 Å². The first kappa shape index (κ1) is 53.9. The van der Waals surface area contributed by atoms with Crippen molar-refractivity contribution in [3.63, 3.8) is 0 Å². The van der Waals surface area contributed by atoms with E-state index in [1.54, 1.807) is 12.1 Å². The standard InChI is InChI=1S/C38H50F3N7O4.C15H28N2O2/c1-35(2,3)27-22-24(16-21-47(27)26-17-19-46(20-18-26)34(50)51)9-8-23-10-12-25(13-11-23)30(49)42-31-36(4,5)32(37(31,6)7)52-29-15-14-28-43-44-33(38(39,40)41)48(28)45-29;1-15(2,3)19-14(18)17-11-7-13(8-12-17)16-9-5-4-6-10-16/h10-13,24,26-27,31-32H,14-22H2,1-7H3,(H,42,49)(H,50,51);13H,4-12H2,1-3H3. The summed E-state index contributed by atoms with van der Waals surface area (Å²) in [6, 6.07) is 8.43. The summed E-state index contributed by atoms with van der Waals surface area (Å²) in [7, 11) is 0. The molecule has 1 saturated carbocycles. The summed E-state index contributed by atoms with van der Waals surface area (Å²) in [5.41, 5.74) is -0.0627. The zero-order valence-corrected chi connectivity index (χ0v) is 43.7. The maximum atomic E-state index is 13.4. The number of rotatable bonds is 5. The van der Waals surface area contributed by atoms with Crippen LogP contribution in [0, 0.1) is 34.0 Å². The highest BCUT2D eigenvalue weighted by Gasteiger charge is 2.64. The molecule has 8 rings (SSSR count). The summed E-state index contributed by atoms with van der Waals surface area (Å²) in [4.78, 5) is 45.5. The molecule has 2 atom stereocenters. The third-order valence-corrected chi connectivity index (χ3v) is 15.5. The van der Waals surface area contributed by atoms with Gasteiger partial charge in [-0.1, -0.05) is 66.7 Å². The maximum Gasteiger partial charge on any atom is 0.453 e. The molecule has 0 spiro atoms. The quantitative estimate of drug-likeness (QED) is 0.277. The van der Waals surface area contributed by atoms with Gasteiger partial charge in [0.05, 0.1) is 0 Å². The van der Waals surface area contributed by atoms with Crippen LogP contribution in [0.25, 0.3) is 0 Å². The van der Waals surface area contributed by atoms with E-state index in [9.17, 15) is 32.7 Å². The van der Waals surface area contributed by atoms with Crippen molar-refractivity contribution in [2.24, 2.45) is 27.3 Å². The topological polar surface area (TPSA) is 158 Å². The van der Waals surface area contributed by atoms with Gasteiger partial charge in [-0.15, -0.1) is 15.3 Å². The van der Waals surface area contributed by atoms with Gasteiger partial charge in [-0.3, -0.25) is 9.69 Å². The number of fused-ring (bicyclic) bond motifs is 1. The first-order valence-corrected chi connectivity index (χ1v) is 25.9. The van der Waals surface area contributed by atoms with E-state index in [0.29, 0.717) is 47.9 Å². The SMILES string of the molecule is CC(C)(C)C1CC(C#Cc2ccc(C(=O)NC3C(C)(C)C(OC4=Nn5c(nnc5C(F)(F)F)CC4)C3(C)C)cc2)CCN1C1CCN(C(=O)O)CC1.CC(C)(C)OC(=O)N1CCC(N2CCCCC2)CC1. The number of benzene rings is 1. The minimum Gasteiger partial charge on any atom is -0.475 e. The highest BCUT2D eigenvalue weighted by molar-refractivity contribution is 5.94. The number of ether oxygens (including phenoxy) is 2. The molecular weight excluding hydrogens is 916 g/mol. The lowest BCUT2D eigenvalue weighted by molar-refractivity contribution is -0.172. The summed E-state index contributed by atoms with van der Waals surface area (Å²) >= 11 is 0. The summed E-state index contributed by atoms with van der Waals surface area (Å²) in [5.74, 6) is 6.01. The van der Waals surface area contributed by atoms with Crippen LogP contribution in [0.3, 0.4) is 0 Å². The van der Waals surface area contributed by atoms with E-state index in [2.05, 4.69) is 63.0 Å². The Hall–Kier alpha value is -4.89. The zero-order chi connectivity index (χ0) is 51.7. The van der Waals surface area contributed by atoms with Gasteiger partial charge in [-0.25, -0.2) is 9.59 Å². The third-order valence-electron chi connectivity index (χ3n) is 15.5. The molecule has 6 heterocycles. The smallest absolute Gasteiger partial charge is 0.453 e. The third kappa shape index (κ3) is 12.8. The van der Waals surface area contributed by atoms with Crippen LogP contribution in [0.5, 0.6) is 0 Å². The van der Waals surface area contributed by atoms with Crippen molar-refractivity contribution in [3.05, 3.63) is 47.0 Å². The van der Waals surface area contributed by atoms with Crippen LogP contribution >= 0.6 is 0 Å². The Kier molecular flexibility index (Phi) is 16.2. The van der Waals surface area contributed by atoms with Gasteiger partial charge < -0.3 is 34.6 Å². The van der Waals surface area contributed by atoms with Crippen molar-refractivity contribution in [3.8, 4) is 11.8 Å². The van der Waals surface area contributed by atoms with Crippen molar-refractivity contribution in [1.29, 1.82) is 0 Å². The zero-order valence-electron chi connectivity index (χ0n) is 43.7. The number of aromatic nitrogens is 3. The molecule has 2 aromatic rings. The van der Waals surface area contributed by atoms with E-state index in [1.807, 2.05) is 65.5 Å². The Labute approximate surface area is 418 Å². The average Bonchev–Trinajstić information content (AvgIpc) is 3.76. The number of carboxylic acid groups (broad SMARTS) is 1. The lowest BCUT2D eigenvalue weighted by atomic mass is 9.49. The molecule has 5 aliphatic heterocycles. The molecule has 6 aliphatic rings. The molecular formula is C53H78F3N9O6. The molecule has 0 radical (unpaired) electrons. The number of piperidine rings is 4. The number of carbonyl (C=O) groups is 3. The van der Waals surface area contributed by atoms with Crippen LogP contribution in [0.4, 0.5) is 22.8 Å². The monoisotopic (exact) mass is 994 g/mol. The van der Waals surface area contributed by atoms with Crippen molar-refractivity contribution < 1.29 is 42.1 Å². The van der Waals surface area contributed by atoms with E-state index in [4.69, 9.17) is 9.47 Å². The van der Waals surface area contributed by atoms with Gasteiger partial charge in [-0.05, 0) is 121 Å². The van der Waals surface area contributed by atoms with Crippen LogP contribution in [-0.4, -0.2) is 145 Å². The minimum absolute atomic E-state index is 0.0575. The summed E-state index contributed by atoms with van der Waals surface area (Å²) in [5, 5.41) is 23.6. The number of halogens is 3. The molecule has 18 heteroatoms. The number of amides is 3. The van der Waals surface area contributed by atoms with Gasteiger partial charge in [0.25, 0.3) is 11.7 Å². The number of aryl methyl sites for hydroxylation is 1. The molecule has 1 aromatic carbocycles. The van der Waals surface area contributed by atoms with E-state index in [1.165, 1.54) is 37.3 Å². The Morgan fingerprint density at radius 3 is 1.96 bits per heavy atom. The number of nitrogens with zero attached hydrogens (tertiary/aromatic N) is 8. The second-order valence-corrected chi connectivity index (χ2v) is 23.8. The fraction of sp³-hybridized carbons (Fsp3) is 0.736. The number of hydrogen-bond acceptors (Lipinski definition) is 10. The molecule has 4 saturated heterocycles. The van der Waals surface area contributed by atoms with Crippen molar-refractivity contribution >= 4 is 24.0 Å². The summed E-state index contributed by atoms with van der Waals surface area (Å²) < 4.78 is 52.6. The Morgan fingerprint density at radius 2 is 1.38 bits per heavy atom. The molecule has 1 aliphatic carbocycles. The van der Waals surface area contributed by atoms with Crippen molar-refractivity contribution in [2.75, 3.05) is 45.8 Å². The summed E-state index contributed by atoms with van der Waals surface area (Å²) in [6.07, 6.45) is 4.32. The fourth-order valence-electron chi connectivity index (χ4n) is 12.1. The molecule has 0 bridgehead atoms. The predicted octanol–water partition coefficient (Wildman–Crippen LogP) is 9.15. The Balaban J connectivity index is 0.000000326. The lowest BCUT2D eigenvalue weighted by Crippen LogP contribution is -2.74. The second kappa shape index (κ2) is 21.3. The van der Waals surface area contributed by atoms with E-state index in [-0.39, 0.29) is 53.1 Å². The molecule has 15 nitrogen and oxygen atoms in total. The highest BCUT2D eigenvalue weighted by atomic mass is 19.4. The Morgan fingerprint density at radius 1 is 0.775 bits per heavy atom. The number of hydrogen-bond donors (Lipinski definition) is 2. The van der Waals surface area contributed by atoms with E-state index >= 15 is 0 Å². The first-order chi connectivity index (χ1) is 33.2. The van der Waals surface area contributed by atoms with E-state index in [0.717, 1.165) is 63.7 Å². The normalized spacial score (nSPS) is 25.5. The predicted molar refractivity (Wildman–Crippen MR) is 265 cm³/mol. The molecule has 71 heavy (non-hydrogen) atoms. The van der Waals surface area contributed by atoms with E-state index < -0.39 is 35.0 Å². The molecule has 392 valence electrons. The lowest BCUT2D eigenvalue weighted by Gasteiger charge is -2.63. The van der Waals surface area contributed by atoms with Gasteiger partial charge in [0.2, 0.25) is 5.90 Å². The van der Waals surface area contributed by atoms with Gasteiger partial charge in [0, 0.05) is 91.1 Å². The van der Waals surface area contributed by atoms with Gasteiger partial charge in [-0.2, -0.15) is 17.8 Å². The minimum atomic E-state index is -4.69. The molecule has 2 N–H and O–H groups in total. The maximum absolute atomic E-state index is 13.4. The largest absolute Gasteiger partial charge is 0.475 e. The first-order valence-electron chi connectivity index (χ1n) is 25.9. The van der Waals surface area contributed by atoms with Crippen molar-refractivity contribution in [1.82, 2.24) is 39.8 Å². The molecule has 5 fully saturated rings. The fourth-order valence-corrected chi connectivity index (χ4v) is 12.1. The number of alkyl halides is 3. The van der Waals surface area contributed by atoms with Crippen molar-refractivity contribution in [2.45, 2.75) is 182 Å². The van der Waals surface area contributed by atoms with Gasteiger partial charge >= 0.3 is 18.4 Å². The van der Waals surface area contributed by atoms with Crippen LogP contribution < -0.4 is 5.32 Å². The van der Waals surface area contributed by atoms with Gasteiger partial charge in [0.15, 0.2) is 5.82 Å².